The third-order valence-electron chi connectivity index (χ3n) is 6.72. The van der Waals surface area contributed by atoms with Crippen molar-refractivity contribution in [3.63, 3.8) is 0 Å². The number of carbonyl (C=O) groups excluding carboxylic acids is 2. The van der Waals surface area contributed by atoms with Crippen LogP contribution in [0.1, 0.15) is 81.9 Å². The number of hydrogen-bond acceptors (Lipinski definition) is 2. The van der Waals surface area contributed by atoms with Crippen LogP contribution in [0.5, 0.6) is 0 Å². The van der Waals surface area contributed by atoms with Gasteiger partial charge in [0.25, 0.3) is 0 Å². The number of rotatable bonds is 10. The molecule has 2 amide bonds. The predicted molar refractivity (Wildman–Crippen MR) is 140 cm³/mol. The van der Waals surface area contributed by atoms with Crippen molar-refractivity contribution < 1.29 is 9.59 Å². The fourth-order valence-electron chi connectivity index (χ4n) is 4.58. The zero-order valence-corrected chi connectivity index (χ0v) is 22.0. The largest absolute Gasteiger partial charge is 0.352 e. The first-order valence-corrected chi connectivity index (χ1v) is 13.2. The number of hydrogen-bond donors (Lipinski definition) is 1. The van der Waals surface area contributed by atoms with E-state index in [0.717, 1.165) is 36.8 Å². The van der Waals surface area contributed by atoms with Gasteiger partial charge in [0, 0.05) is 29.1 Å². The molecule has 2 aromatic rings. The molecule has 0 unspecified atom stereocenters. The molecule has 0 aliphatic heterocycles. The Kier molecular flexibility index (Phi) is 9.85. The zero-order chi connectivity index (χ0) is 24.7. The molecule has 0 bridgehead atoms. The molecule has 34 heavy (non-hydrogen) atoms. The standard InChI is InChI=1S/C28H36Cl2N2O2/c1-4-26(28(34)31-24-7-5-6-8-24)32(18-22-14-15-23(29)17-25(22)30)27(33)16-11-20-9-12-21(13-10-20)19(2)3/h9-10,12-15,17,19,24,26H,4-8,11,16,18H2,1-3H3,(H,31,34)/t26-/m1/s1. The number of amides is 2. The van der Waals surface area contributed by atoms with Crippen molar-refractivity contribution in [2.75, 3.05) is 0 Å². The summed E-state index contributed by atoms with van der Waals surface area (Å²) in [5.74, 6) is 0.348. The van der Waals surface area contributed by atoms with E-state index in [9.17, 15) is 9.59 Å². The van der Waals surface area contributed by atoms with Crippen molar-refractivity contribution in [2.45, 2.75) is 90.3 Å². The highest BCUT2D eigenvalue weighted by atomic mass is 35.5. The average Bonchev–Trinajstić information content (AvgIpc) is 3.32. The second kappa shape index (κ2) is 12.6. The maximum Gasteiger partial charge on any atom is 0.243 e. The van der Waals surface area contributed by atoms with Gasteiger partial charge in [-0.1, -0.05) is 87.1 Å². The predicted octanol–water partition coefficient (Wildman–Crippen LogP) is 6.92. The topological polar surface area (TPSA) is 49.4 Å². The van der Waals surface area contributed by atoms with E-state index in [2.05, 4.69) is 43.4 Å². The number of nitrogens with zero attached hydrogens (tertiary/aromatic N) is 1. The van der Waals surface area contributed by atoms with Gasteiger partial charge in [0.05, 0.1) is 0 Å². The second-order valence-corrected chi connectivity index (χ2v) is 10.4. The van der Waals surface area contributed by atoms with Crippen LogP contribution in [0.15, 0.2) is 42.5 Å². The van der Waals surface area contributed by atoms with Crippen molar-refractivity contribution in [1.82, 2.24) is 10.2 Å². The molecule has 0 aromatic heterocycles. The molecule has 1 atom stereocenters. The summed E-state index contributed by atoms with van der Waals surface area (Å²) in [5, 5.41) is 4.22. The van der Waals surface area contributed by atoms with Crippen LogP contribution >= 0.6 is 23.2 Å². The number of benzene rings is 2. The first kappa shape index (κ1) is 26.6. The highest BCUT2D eigenvalue weighted by Crippen LogP contribution is 2.25. The lowest BCUT2D eigenvalue weighted by atomic mass is 10.00. The average molecular weight is 504 g/mol. The molecule has 2 aromatic carbocycles. The lowest BCUT2D eigenvalue weighted by molar-refractivity contribution is -0.141. The van der Waals surface area contributed by atoms with Crippen molar-refractivity contribution in [2.24, 2.45) is 0 Å². The van der Waals surface area contributed by atoms with Gasteiger partial charge in [0.2, 0.25) is 11.8 Å². The molecule has 0 heterocycles. The van der Waals surface area contributed by atoms with Gasteiger partial charge < -0.3 is 10.2 Å². The van der Waals surface area contributed by atoms with Crippen LogP contribution in [0, 0.1) is 0 Å². The Morgan fingerprint density at radius 2 is 1.74 bits per heavy atom. The molecule has 0 spiro atoms. The van der Waals surface area contributed by atoms with E-state index < -0.39 is 6.04 Å². The van der Waals surface area contributed by atoms with Crippen LogP contribution in [-0.4, -0.2) is 28.8 Å². The zero-order valence-electron chi connectivity index (χ0n) is 20.4. The molecule has 1 N–H and O–H groups in total. The Labute approximate surface area is 214 Å². The molecule has 0 radical (unpaired) electrons. The van der Waals surface area contributed by atoms with Gasteiger partial charge >= 0.3 is 0 Å². The first-order chi connectivity index (χ1) is 16.3. The van der Waals surface area contributed by atoms with E-state index in [1.807, 2.05) is 13.0 Å². The number of carbonyl (C=O) groups is 2. The van der Waals surface area contributed by atoms with Crippen LogP contribution in [0.3, 0.4) is 0 Å². The first-order valence-electron chi connectivity index (χ1n) is 12.4. The Balaban J connectivity index is 1.77. The lowest BCUT2D eigenvalue weighted by Crippen LogP contribution is -2.51. The SMILES string of the molecule is CC[C@H](C(=O)NC1CCCC1)N(Cc1ccc(Cl)cc1Cl)C(=O)CCc1ccc(C(C)C)cc1. The van der Waals surface area contributed by atoms with E-state index in [0.29, 0.717) is 35.2 Å². The number of nitrogens with one attached hydrogen (secondary N) is 1. The third kappa shape index (κ3) is 7.23. The van der Waals surface area contributed by atoms with E-state index in [-0.39, 0.29) is 24.4 Å². The molecule has 0 saturated heterocycles. The summed E-state index contributed by atoms with van der Waals surface area (Å²) in [6.07, 6.45) is 5.79. The molecule has 1 fully saturated rings. The summed E-state index contributed by atoms with van der Waals surface area (Å²) in [7, 11) is 0. The summed E-state index contributed by atoms with van der Waals surface area (Å²) in [6.45, 7) is 6.56. The molecule has 184 valence electrons. The molecule has 4 nitrogen and oxygen atoms in total. The Morgan fingerprint density at radius 3 is 2.32 bits per heavy atom. The van der Waals surface area contributed by atoms with Crippen molar-refractivity contribution in [3.05, 3.63) is 69.2 Å². The maximum atomic E-state index is 13.5. The summed E-state index contributed by atoms with van der Waals surface area (Å²) < 4.78 is 0. The van der Waals surface area contributed by atoms with Crippen LogP contribution in [0.4, 0.5) is 0 Å². The smallest absolute Gasteiger partial charge is 0.243 e. The molecule has 1 saturated carbocycles. The van der Waals surface area contributed by atoms with E-state index in [4.69, 9.17) is 23.2 Å². The van der Waals surface area contributed by atoms with Crippen molar-refractivity contribution in [1.29, 1.82) is 0 Å². The fourth-order valence-corrected chi connectivity index (χ4v) is 5.05. The Morgan fingerprint density at radius 1 is 1.06 bits per heavy atom. The van der Waals surface area contributed by atoms with Crippen LogP contribution in [0.25, 0.3) is 0 Å². The fraction of sp³-hybridized carbons (Fsp3) is 0.500. The van der Waals surface area contributed by atoms with E-state index >= 15 is 0 Å². The monoisotopic (exact) mass is 502 g/mol. The minimum absolute atomic E-state index is 0.0487. The third-order valence-corrected chi connectivity index (χ3v) is 7.30. The quantitative estimate of drug-likeness (QED) is 0.383. The summed E-state index contributed by atoms with van der Waals surface area (Å²) in [4.78, 5) is 28.4. The minimum Gasteiger partial charge on any atom is -0.352 e. The van der Waals surface area contributed by atoms with E-state index in [1.165, 1.54) is 5.56 Å². The van der Waals surface area contributed by atoms with Gasteiger partial charge in [-0.2, -0.15) is 0 Å². The van der Waals surface area contributed by atoms with E-state index in [1.54, 1.807) is 17.0 Å². The van der Waals surface area contributed by atoms with Crippen LogP contribution in [-0.2, 0) is 22.6 Å². The van der Waals surface area contributed by atoms with Gasteiger partial charge in [-0.05, 0) is 60.4 Å². The van der Waals surface area contributed by atoms with Crippen molar-refractivity contribution in [3.8, 4) is 0 Å². The Hall–Kier alpha value is -2.04. The maximum absolute atomic E-state index is 13.5. The molecule has 3 rings (SSSR count). The summed E-state index contributed by atoms with van der Waals surface area (Å²) in [5.41, 5.74) is 3.18. The number of halogens is 2. The Bertz CT molecular complexity index is 969. The van der Waals surface area contributed by atoms with Gasteiger partial charge in [0.15, 0.2) is 0 Å². The van der Waals surface area contributed by atoms with Crippen LogP contribution < -0.4 is 5.32 Å². The lowest BCUT2D eigenvalue weighted by Gasteiger charge is -2.32. The van der Waals surface area contributed by atoms with Crippen LogP contribution in [0.2, 0.25) is 10.0 Å². The van der Waals surface area contributed by atoms with Crippen molar-refractivity contribution >= 4 is 35.0 Å². The van der Waals surface area contributed by atoms with Gasteiger partial charge in [0.1, 0.15) is 6.04 Å². The molecule has 1 aliphatic rings. The van der Waals surface area contributed by atoms with Gasteiger partial charge in [-0.25, -0.2) is 0 Å². The molecular weight excluding hydrogens is 467 g/mol. The number of aryl methyl sites for hydroxylation is 1. The molecular formula is C28H36Cl2N2O2. The summed E-state index contributed by atoms with van der Waals surface area (Å²) >= 11 is 12.5. The highest BCUT2D eigenvalue weighted by molar-refractivity contribution is 6.35. The molecule has 6 heteroatoms. The van der Waals surface area contributed by atoms with Gasteiger partial charge in [-0.15, -0.1) is 0 Å². The van der Waals surface area contributed by atoms with Gasteiger partial charge in [-0.3, -0.25) is 9.59 Å². The second-order valence-electron chi connectivity index (χ2n) is 9.57. The molecule has 1 aliphatic carbocycles. The highest BCUT2D eigenvalue weighted by Gasteiger charge is 2.30. The summed E-state index contributed by atoms with van der Waals surface area (Å²) in [6, 6.07) is 13.4. The normalized spacial score (nSPS) is 14.9. The minimum atomic E-state index is -0.539.